The molecule has 1 aromatic carbocycles. The van der Waals surface area contributed by atoms with Gasteiger partial charge < -0.3 is 0 Å². The highest BCUT2D eigenvalue weighted by atomic mass is 79.9. The number of aromatic nitrogens is 3. The van der Waals surface area contributed by atoms with Gasteiger partial charge in [0.05, 0.1) is 6.21 Å². The fourth-order valence-corrected chi connectivity index (χ4v) is 2.92. The SMILES string of the molecule is S=c1[nH]nc(-c2ccccc2Br)n1/N=C/c1cccs1. The zero-order valence-electron chi connectivity index (χ0n) is 10.2. The molecule has 0 amide bonds. The molecule has 1 N–H and O–H groups in total. The number of hydrogen-bond donors (Lipinski definition) is 1. The van der Waals surface area contributed by atoms with Gasteiger partial charge in [0.2, 0.25) is 4.77 Å². The molecule has 4 nitrogen and oxygen atoms in total. The second kappa shape index (κ2) is 5.82. The lowest BCUT2D eigenvalue weighted by molar-refractivity contribution is 0.871. The lowest BCUT2D eigenvalue weighted by atomic mass is 10.2. The van der Waals surface area contributed by atoms with Gasteiger partial charge in [0.1, 0.15) is 0 Å². The minimum atomic E-state index is 0.462. The summed E-state index contributed by atoms with van der Waals surface area (Å²) in [5, 5.41) is 13.4. The quantitative estimate of drug-likeness (QED) is 0.555. The average molecular weight is 365 g/mol. The average Bonchev–Trinajstić information content (AvgIpc) is 3.07. The molecule has 0 radical (unpaired) electrons. The van der Waals surface area contributed by atoms with Crippen LogP contribution in [-0.4, -0.2) is 21.1 Å². The number of nitrogens with one attached hydrogen (secondary N) is 1. The summed E-state index contributed by atoms with van der Waals surface area (Å²) in [6.07, 6.45) is 1.77. The Labute approximate surface area is 132 Å². The maximum Gasteiger partial charge on any atom is 0.216 e. The number of hydrogen-bond acceptors (Lipinski definition) is 4. The third-order valence-corrected chi connectivity index (χ3v) is 4.37. The Kier molecular flexibility index (Phi) is 3.90. The third-order valence-electron chi connectivity index (χ3n) is 2.61. The van der Waals surface area contributed by atoms with Crippen LogP contribution in [0.1, 0.15) is 4.88 Å². The van der Waals surface area contributed by atoms with Crippen LogP contribution in [0.25, 0.3) is 11.4 Å². The van der Waals surface area contributed by atoms with Gasteiger partial charge in [-0.1, -0.05) is 34.1 Å². The standard InChI is InChI=1S/C13H9BrN4S2/c14-11-6-2-1-5-10(11)12-16-17-13(19)18(12)15-8-9-4-3-7-20-9/h1-8H,(H,17,19)/b15-8+. The van der Waals surface area contributed by atoms with Crippen molar-refractivity contribution in [2.45, 2.75) is 0 Å². The Morgan fingerprint density at radius 3 is 2.90 bits per heavy atom. The molecule has 0 spiro atoms. The minimum Gasteiger partial charge on any atom is -0.250 e. The maximum absolute atomic E-state index is 5.23. The predicted octanol–water partition coefficient (Wildman–Crippen LogP) is 4.31. The number of halogens is 1. The summed E-state index contributed by atoms with van der Waals surface area (Å²) in [5.41, 5.74) is 0.933. The third kappa shape index (κ3) is 2.65. The molecule has 0 bridgehead atoms. The Bertz CT molecular complexity index is 802. The second-order valence-electron chi connectivity index (χ2n) is 3.90. The molecule has 0 aliphatic carbocycles. The van der Waals surface area contributed by atoms with E-state index in [4.69, 9.17) is 12.2 Å². The predicted molar refractivity (Wildman–Crippen MR) is 87.9 cm³/mol. The zero-order valence-corrected chi connectivity index (χ0v) is 13.4. The van der Waals surface area contributed by atoms with Crippen molar-refractivity contribution in [3.8, 4) is 11.4 Å². The van der Waals surface area contributed by atoms with Crippen LogP contribution in [0.2, 0.25) is 0 Å². The first kappa shape index (κ1) is 13.4. The Morgan fingerprint density at radius 2 is 2.15 bits per heavy atom. The first-order valence-corrected chi connectivity index (χ1v) is 7.84. The van der Waals surface area contributed by atoms with Crippen molar-refractivity contribution in [2.24, 2.45) is 5.10 Å². The number of nitrogens with zero attached hydrogens (tertiary/aromatic N) is 3. The fourth-order valence-electron chi connectivity index (χ4n) is 1.70. The molecule has 0 saturated carbocycles. The van der Waals surface area contributed by atoms with Gasteiger partial charge in [0.25, 0.3) is 0 Å². The van der Waals surface area contributed by atoms with Crippen molar-refractivity contribution in [1.29, 1.82) is 0 Å². The molecule has 0 saturated heterocycles. The van der Waals surface area contributed by atoms with Gasteiger partial charge in [0.15, 0.2) is 5.82 Å². The first-order chi connectivity index (χ1) is 9.75. The van der Waals surface area contributed by atoms with Gasteiger partial charge in [-0.25, -0.2) is 5.10 Å². The van der Waals surface area contributed by atoms with Crippen LogP contribution in [0.15, 0.2) is 51.4 Å². The topological polar surface area (TPSA) is 46.0 Å². The molecule has 3 rings (SSSR count). The zero-order chi connectivity index (χ0) is 13.9. The lowest BCUT2D eigenvalue weighted by Crippen LogP contribution is -1.94. The number of thiophene rings is 1. The van der Waals surface area contributed by atoms with E-state index < -0.39 is 0 Å². The van der Waals surface area contributed by atoms with Crippen LogP contribution in [0, 0.1) is 4.77 Å². The highest BCUT2D eigenvalue weighted by molar-refractivity contribution is 9.10. The van der Waals surface area contributed by atoms with Gasteiger partial charge in [0, 0.05) is 14.9 Å². The molecule has 2 aromatic heterocycles. The van der Waals surface area contributed by atoms with Gasteiger partial charge >= 0.3 is 0 Å². The molecule has 20 heavy (non-hydrogen) atoms. The molecule has 100 valence electrons. The summed E-state index contributed by atoms with van der Waals surface area (Å²) in [6, 6.07) is 11.8. The van der Waals surface area contributed by atoms with Crippen molar-refractivity contribution in [3.05, 3.63) is 55.9 Å². The molecule has 0 unspecified atom stereocenters. The molecule has 2 heterocycles. The van der Waals surface area contributed by atoms with E-state index in [1.165, 1.54) is 0 Å². The van der Waals surface area contributed by atoms with Gasteiger partial charge in [-0.2, -0.15) is 14.9 Å². The largest absolute Gasteiger partial charge is 0.250 e. The second-order valence-corrected chi connectivity index (χ2v) is 6.12. The van der Waals surface area contributed by atoms with E-state index in [-0.39, 0.29) is 0 Å². The first-order valence-electron chi connectivity index (χ1n) is 5.76. The van der Waals surface area contributed by atoms with E-state index in [0.717, 1.165) is 14.9 Å². The van der Waals surface area contributed by atoms with Crippen LogP contribution in [0.5, 0.6) is 0 Å². The van der Waals surface area contributed by atoms with Crippen LogP contribution in [0.4, 0.5) is 0 Å². The normalized spacial score (nSPS) is 11.2. The van der Waals surface area contributed by atoms with Crippen molar-refractivity contribution in [3.63, 3.8) is 0 Å². The van der Waals surface area contributed by atoms with E-state index in [1.807, 2.05) is 41.8 Å². The van der Waals surface area contributed by atoms with Gasteiger partial charge in [-0.3, -0.25) is 0 Å². The summed E-state index contributed by atoms with van der Waals surface area (Å²) in [6.45, 7) is 0. The maximum atomic E-state index is 5.23. The van der Waals surface area contributed by atoms with E-state index in [1.54, 1.807) is 22.2 Å². The summed E-state index contributed by atoms with van der Waals surface area (Å²) in [7, 11) is 0. The van der Waals surface area contributed by atoms with E-state index in [2.05, 4.69) is 31.2 Å². The lowest BCUT2D eigenvalue weighted by Gasteiger charge is -2.02. The molecule has 7 heteroatoms. The summed E-state index contributed by atoms with van der Waals surface area (Å²) >= 11 is 10.4. The number of benzene rings is 1. The molecule has 0 aliphatic heterocycles. The highest BCUT2D eigenvalue weighted by Gasteiger charge is 2.10. The van der Waals surface area contributed by atoms with Crippen LogP contribution >= 0.6 is 39.5 Å². The smallest absolute Gasteiger partial charge is 0.216 e. The van der Waals surface area contributed by atoms with Crippen molar-refractivity contribution >= 4 is 45.7 Å². The molecule has 0 aliphatic rings. The van der Waals surface area contributed by atoms with Crippen LogP contribution in [0.3, 0.4) is 0 Å². The van der Waals surface area contributed by atoms with Crippen molar-refractivity contribution < 1.29 is 0 Å². The molecule has 0 atom stereocenters. The van der Waals surface area contributed by atoms with Crippen molar-refractivity contribution in [1.82, 2.24) is 14.9 Å². The summed E-state index contributed by atoms with van der Waals surface area (Å²) in [4.78, 5) is 1.06. The van der Waals surface area contributed by atoms with Crippen LogP contribution < -0.4 is 0 Å². The van der Waals surface area contributed by atoms with Gasteiger partial charge in [-0.05, 0) is 35.8 Å². The Hall–Kier alpha value is -1.57. The Balaban J connectivity index is 2.07. The number of H-pyrrole nitrogens is 1. The summed E-state index contributed by atoms with van der Waals surface area (Å²) in [5.74, 6) is 0.676. The minimum absolute atomic E-state index is 0.462. The van der Waals surface area contributed by atoms with Gasteiger partial charge in [-0.15, -0.1) is 11.3 Å². The summed E-state index contributed by atoms with van der Waals surface area (Å²) < 4.78 is 3.03. The van der Waals surface area contributed by atoms with E-state index in [0.29, 0.717) is 10.6 Å². The van der Waals surface area contributed by atoms with Crippen molar-refractivity contribution in [2.75, 3.05) is 0 Å². The fraction of sp³-hybridized carbons (Fsp3) is 0. The number of rotatable bonds is 3. The van der Waals surface area contributed by atoms with Crippen LogP contribution in [-0.2, 0) is 0 Å². The van der Waals surface area contributed by atoms with E-state index in [9.17, 15) is 0 Å². The highest BCUT2D eigenvalue weighted by Crippen LogP contribution is 2.26. The molecular formula is C13H9BrN4S2. The molecular weight excluding hydrogens is 356 g/mol. The monoisotopic (exact) mass is 364 g/mol. The Morgan fingerprint density at radius 1 is 1.30 bits per heavy atom. The number of aromatic amines is 1. The molecule has 0 fully saturated rings. The van der Waals surface area contributed by atoms with E-state index >= 15 is 0 Å². The molecule has 3 aromatic rings.